The largest absolute Gasteiger partial charge is 0.416 e. The molecule has 0 atom stereocenters. The van der Waals surface area contributed by atoms with E-state index in [2.05, 4.69) is 15.6 Å². The normalized spacial score (nSPS) is 11.4. The van der Waals surface area contributed by atoms with Crippen LogP contribution in [0.15, 0.2) is 30.6 Å². The third-order valence-corrected chi connectivity index (χ3v) is 2.96. The Hall–Kier alpha value is -2.16. The molecular formula is C12H12F3N5S. The van der Waals surface area contributed by atoms with Crippen LogP contribution in [0.1, 0.15) is 11.1 Å². The van der Waals surface area contributed by atoms with Crippen LogP contribution in [0.25, 0.3) is 0 Å². The van der Waals surface area contributed by atoms with Crippen molar-refractivity contribution >= 4 is 22.9 Å². The van der Waals surface area contributed by atoms with Crippen LogP contribution in [0, 0.1) is 0 Å². The van der Waals surface area contributed by atoms with Crippen molar-refractivity contribution in [2.75, 3.05) is 11.9 Å². The summed E-state index contributed by atoms with van der Waals surface area (Å²) in [7, 11) is 0. The van der Waals surface area contributed by atoms with Gasteiger partial charge in [-0.1, -0.05) is 17.4 Å². The van der Waals surface area contributed by atoms with Crippen LogP contribution < -0.4 is 11.1 Å². The van der Waals surface area contributed by atoms with Crippen molar-refractivity contribution in [3.63, 3.8) is 0 Å². The molecule has 5 nitrogen and oxygen atoms in total. The van der Waals surface area contributed by atoms with Gasteiger partial charge in [-0.2, -0.15) is 13.2 Å². The van der Waals surface area contributed by atoms with Gasteiger partial charge in [0.1, 0.15) is 4.99 Å². The molecule has 1 heterocycles. The van der Waals surface area contributed by atoms with Gasteiger partial charge in [0.15, 0.2) is 0 Å². The molecule has 0 aliphatic carbocycles. The van der Waals surface area contributed by atoms with E-state index in [1.54, 1.807) is 17.1 Å². The second-order valence-electron chi connectivity index (χ2n) is 4.22. The first-order valence-electron chi connectivity index (χ1n) is 5.97. The molecule has 1 aromatic heterocycles. The van der Waals surface area contributed by atoms with Gasteiger partial charge in [-0.05, 0) is 18.2 Å². The molecule has 0 spiro atoms. The van der Waals surface area contributed by atoms with Gasteiger partial charge in [-0.3, -0.25) is 4.68 Å². The van der Waals surface area contributed by atoms with Crippen molar-refractivity contribution in [1.29, 1.82) is 0 Å². The second-order valence-corrected chi connectivity index (χ2v) is 4.66. The number of halogens is 3. The van der Waals surface area contributed by atoms with Crippen molar-refractivity contribution in [2.24, 2.45) is 5.73 Å². The predicted molar refractivity (Wildman–Crippen MR) is 75.8 cm³/mol. The number of anilines is 1. The molecule has 9 heteroatoms. The Bertz CT molecular complexity index is 624. The maximum atomic E-state index is 12.7. The lowest BCUT2D eigenvalue weighted by Gasteiger charge is -2.14. The summed E-state index contributed by atoms with van der Waals surface area (Å²) in [6.45, 7) is 0.960. The van der Waals surface area contributed by atoms with E-state index >= 15 is 0 Å². The predicted octanol–water partition coefficient (Wildman–Crippen LogP) is 2.04. The third kappa shape index (κ3) is 3.91. The molecule has 0 aliphatic rings. The summed E-state index contributed by atoms with van der Waals surface area (Å²) < 4.78 is 39.6. The Labute approximate surface area is 123 Å². The molecular weight excluding hydrogens is 303 g/mol. The maximum absolute atomic E-state index is 12.7. The van der Waals surface area contributed by atoms with Gasteiger partial charge in [0.05, 0.1) is 18.3 Å². The molecule has 0 saturated carbocycles. The standard InChI is InChI=1S/C12H12F3N5S/c13-12(14,15)8-1-2-10(9(7-8)11(16)21)17-3-5-20-6-4-18-19-20/h1-2,4,6-7,17H,3,5H2,(H2,16,21). The number of rotatable bonds is 5. The Balaban J connectivity index is 2.13. The first-order chi connectivity index (χ1) is 9.88. The zero-order chi connectivity index (χ0) is 15.5. The molecule has 0 fully saturated rings. The van der Waals surface area contributed by atoms with E-state index < -0.39 is 11.7 Å². The van der Waals surface area contributed by atoms with E-state index in [0.717, 1.165) is 12.1 Å². The fourth-order valence-electron chi connectivity index (χ4n) is 1.74. The van der Waals surface area contributed by atoms with Crippen LogP contribution in [0.4, 0.5) is 18.9 Å². The van der Waals surface area contributed by atoms with E-state index in [0.29, 0.717) is 18.8 Å². The van der Waals surface area contributed by atoms with Crippen molar-refractivity contribution in [1.82, 2.24) is 15.0 Å². The molecule has 0 saturated heterocycles. The molecule has 112 valence electrons. The summed E-state index contributed by atoms with van der Waals surface area (Å²) in [5, 5.41) is 10.4. The van der Waals surface area contributed by atoms with Crippen LogP contribution in [0.3, 0.4) is 0 Å². The molecule has 2 aromatic rings. The van der Waals surface area contributed by atoms with Gasteiger partial charge in [0, 0.05) is 24.0 Å². The molecule has 0 unspecified atom stereocenters. The minimum Gasteiger partial charge on any atom is -0.389 e. The first-order valence-corrected chi connectivity index (χ1v) is 6.38. The van der Waals surface area contributed by atoms with Gasteiger partial charge in [0.25, 0.3) is 0 Å². The average Bonchev–Trinajstić information content (AvgIpc) is 2.90. The van der Waals surface area contributed by atoms with Crippen molar-refractivity contribution in [2.45, 2.75) is 12.7 Å². The van der Waals surface area contributed by atoms with Crippen LogP contribution in [-0.2, 0) is 12.7 Å². The highest BCUT2D eigenvalue weighted by Crippen LogP contribution is 2.31. The maximum Gasteiger partial charge on any atom is 0.416 e. The van der Waals surface area contributed by atoms with E-state index in [1.165, 1.54) is 6.07 Å². The Morgan fingerprint density at radius 3 is 2.71 bits per heavy atom. The lowest BCUT2D eigenvalue weighted by molar-refractivity contribution is -0.137. The van der Waals surface area contributed by atoms with Crippen molar-refractivity contribution < 1.29 is 13.2 Å². The summed E-state index contributed by atoms with van der Waals surface area (Å²) in [6.07, 6.45) is -1.21. The van der Waals surface area contributed by atoms with Gasteiger partial charge >= 0.3 is 6.18 Å². The SMILES string of the molecule is NC(=S)c1cc(C(F)(F)F)ccc1NCCn1ccnn1. The quantitative estimate of drug-likeness (QED) is 0.827. The van der Waals surface area contributed by atoms with Crippen LogP contribution in [-0.4, -0.2) is 26.5 Å². The summed E-state index contributed by atoms with van der Waals surface area (Å²) >= 11 is 4.81. The second kappa shape index (κ2) is 6.08. The highest BCUT2D eigenvalue weighted by atomic mass is 32.1. The zero-order valence-electron chi connectivity index (χ0n) is 10.8. The highest BCUT2D eigenvalue weighted by Gasteiger charge is 2.31. The van der Waals surface area contributed by atoms with E-state index in [-0.39, 0.29) is 10.6 Å². The van der Waals surface area contributed by atoms with Gasteiger partial charge in [0.2, 0.25) is 0 Å². The fraction of sp³-hybridized carbons (Fsp3) is 0.250. The Kier molecular flexibility index (Phi) is 4.41. The minimum atomic E-state index is -4.43. The van der Waals surface area contributed by atoms with E-state index in [1.807, 2.05) is 0 Å². The van der Waals surface area contributed by atoms with Crippen molar-refractivity contribution in [3.8, 4) is 0 Å². The number of hydrogen-bond acceptors (Lipinski definition) is 4. The highest BCUT2D eigenvalue weighted by molar-refractivity contribution is 7.80. The molecule has 1 aromatic carbocycles. The number of benzene rings is 1. The van der Waals surface area contributed by atoms with Crippen LogP contribution in [0.2, 0.25) is 0 Å². The number of nitrogens with one attached hydrogen (secondary N) is 1. The lowest BCUT2D eigenvalue weighted by Crippen LogP contribution is -2.18. The zero-order valence-corrected chi connectivity index (χ0v) is 11.6. The summed E-state index contributed by atoms with van der Waals surface area (Å²) in [6, 6.07) is 3.25. The lowest BCUT2D eigenvalue weighted by atomic mass is 10.1. The Morgan fingerprint density at radius 2 is 2.14 bits per heavy atom. The fourth-order valence-corrected chi connectivity index (χ4v) is 1.90. The summed E-state index contributed by atoms with van der Waals surface area (Å²) in [4.78, 5) is -0.0932. The number of hydrogen-bond donors (Lipinski definition) is 2. The number of aromatic nitrogens is 3. The first kappa shape index (κ1) is 15.2. The van der Waals surface area contributed by atoms with Crippen LogP contribution in [0.5, 0.6) is 0 Å². The molecule has 0 bridgehead atoms. The van der Waals surface area contributed by atoms with E-state index in [4.69, 9.17) is 18.0 Å². The molecule has 3 N–H and O–H groups in total. The monoisotopic (exact) mass is 315 g/mol. The van der Waals surface area contributed by atoms with Gasteiger partial charge < -0.3 is 11.1 Å². The summed E-state index contributed by atoms with van der Waals surface area (Å²) in [5.41, 5.74) is 5.32. The number of nitrogens with two attached hydrogens (primary N) is 1. The van der Waals surface area contributed by atoms with Gasteiger partial charge in [-0.15, -0.1) is 5.10 Å². The molecule has 0 aliphatic heterocycles. The Morgan fingerprint density at radius 1 is 1.38 bits per heavy atom. The van der Waals surface area contributed by atoms with E-state index in [9.17, 15) is 13.2 Å². The number of thiocarbonyl (C=S) groups is 1. The smallest absolute Gasteiger partial charge is 0.389 e. The molecule has 2 rings (SSSR count). The van der Waals surface area contributed by atoms with Crippen molar-refractivity contribution in [3.05, 3.63) is 41.7 Å². The van der Waals surface area contributed by atoms with Gasteiger partial charge in [-0.25, -0.2) is 0 Å². The molecule has 21 heavy (non-hydrogen) atoms. The topological polar surface area (TPSA) is 68.8 Å². The molecule has 0 amide bonds. The summed E-state index contributed by atoms with van der Waals surface area (Å²) in [5.74, 6) is 0. The average molecular weight is 315 g/mol. The van der Waals surface area contributed by atoms with Crippen LogP contribution >= 0.6 is 12.2 Å². The minimum absolute atomic E-state index is 0.0932. The number of alkyl halides is 3. The number of nitrogens with zero attached hydrogens (tertiary/aromatic N) is 3. The third-order valence-electron chi connectivity index (χ3n) is 2.74. The molecule has 0 radical (unpaired) electrons.